The van der Waals surface area contributed by atoms with Crippen molar-refractivity contribution >= 4 is 5.97 Å². The summed E-state index contributed by atoms with van der Waals surface area (Å²) in [5.41, 5.74) is -1.24. The zero-order chi connectivity index (χ0) is 19.6. The van der Waals surface area contributed by atoms with E-state index in [0.717, 1.165) is 11.6 Å². The topological polar surface area (TPSA) is 90.1 Å². The van der Waals surface area contributed by atoms with Gasteiger partial charge in [-0.2, -0.15) is 18.0 Å². The van der Waals surface area contributed by atoms with E-state index in [1.165, 1.54) is 10.9 Å². The number of rotatable bonds is 5. The largest absolute Gasteiger partial charge is 0.497 e. The van der Waals surface area contributed by atoms with Crippen LogP contribution in [0.3, 0.4) is 0 Å². The number of nitrogens with zero attached hydrogens (tertiary/aromatic N) is 4. The summed E-state index contributed by atoms with van der Waals surface area (Å²) in [5, 5.41) is 20.6. The SMILES string of the molecule is COc1ccc(Cn2nnc(-c3ccc(C(=O)O)c(C(F)(F)F)c3)n2)cc1. The molecule has 3 rings (SSSR count). The molecular formula is C17H13F3N4O3. The lowest BCUT2D eigenvalue weighted by atomic mass is 10.0. The fourth-order valence-corrected chi connectivity index (χ4v) is 2.42. The minimum absolute atomic E-state index is 0.0216. The number of hydrogen-bond acceptors (Lipinski definition) is 5. The van der Waals surface area contributed by atoms with Crippen molar-refractivity contribution in [3.8, 4) is 17.1 Å². The van der Waals surface area contributed by atoms with Crippen molar-refractivity contribution in [3.05, 3.63) is 59.2 Å². The minimum atomic E-state index is -4.82. The molecule has 1 aromatic heterocycles. The summed E-state index contributed by atoms with van der Waals surface area (Å²) in [6, 6.07) is 9.91. The molecule has 0 aliphatic heterocycles. The number of carbonyl (C=O) groups is 1. The number of halogens is 3. The molecule has 0 radical (unpaired) electrons. The number of aromatic nitrogens is 4. The molecule has 27 heavy (non-hydrogen) atoms. The van der Waals surface area contributed by atoms with Gasteiger partial charge in [0.05, 0.1) is 24.8 Å². The molecule has 1 heterocycles. The third-order valence-corrected chi connectivity index (χ3v) is 3.75. The molecule has 0 spiro atoms. The summed E-state index contributed by atoms with van der Waals surface area (Å²) in [6.45, 7) is 0.260. The maximum atomic E-state index is 13.1. The van der Waals surface area contributed by atoms with Crippen LogP contribution in [0.5, 0.6) is 5.75 Å². The molecular weight excluding hydrogens is 365 g/mol. The van der Waals surface area contributed by atoms with E-state index in [4.69, 9.17) is 9.84 Å². The summed E-state index contributed by atoms with van der Waals surface area (Å²) in [5.74, 6) is -1.01. The molecule has 2 aromatic carbocycles. The van der Waals surface area contributed by atoms with E-state index in [0.29, 0.717) is 11.8 Å². The van der Waals surface area contributed by atoms with E-state index in [-0.39, 0.29) is 17.9 Å². The van der Waals surface area contributed by atoms with Crippen molar-refractivity contribution in [2.45, 2.75) is 12.7 Å². The first-order valence-corrected chi connectivity index (χ1v) is 7.63. The summed E-state index contributed by atoms with van der Waals surface area (Å²) in [4.78, 5) is 12.2. The maximum Gasteiger partial charge on any atom is 0.417 e. The van der Waals surface area contributed by atoms with Gasteiger partial charge in [-0.15, -0.1) is 10.2 Å². The number of carboxylic acid groups (broad SMARTS) is 1. The van der Waals surface area contributed by atoms with Crippen LogP contribution in [0, 0.1) is 0 Å². The number of carboxylic acids is 1. The molecule has 7 nitrogen and oxygen atoms in total. The maximum absolute atomic E-state index is 13.1. The van der Waals surface area contributed by atoms with Crippen molar-refractivity contribution < 1.29 is 27.8 Å². The molecule has 0 fully saturated rings. The van der Waals surface area contributed by atoms with Crippen LogP contribution in [-0.4, -0.2) is 38.4 Å². The Morgan fingerprint density at radius 3 is 2.48 bits per heavy atom. The second-order valence-corrected chi connectivity index (χ2v) is 5.55. The Hall–Kier alpha value is -3.43. The zero-order valence-electron chi connectivity index (χ0n) is 13.9. The third kappa shape index (κ3) is 4.05. The standard InChI is InChI=1S/C17H13F3N4O3/c1-27-12-5-2-10(3-6-12)9-24-22-15(21-23-24)11-4-7-13(16(25)26)14(8-11)17(18,19)20/h2-8H,9H2,1H3,(H,25,26). The van der Waals surface area contributed by atoms with Crippen molar-refractivity contribution in [1.82, 2.24) is 20.2 Å². The number of tetrazole rings is 1. The number of ether oxygens (including phenoxy) is 1. The number of aromatic carboxylic acids is 1. The lowest BCUT2D eigenvalue weighted by molar-refractivity contribution is -0.138. The molecule has 10 heteroatoms. The average Bonchev–Trinajstić information content (AvgIpc) is 3.09. The van der Waals surface area contributed by atoms with Gasteiger partial charge in [-0.1, -0.05) is 18.2 Å². The Kier molecular flexibility index (Phi) is 4.80. The number of methoxy groups -OCH3 is 1. The lowest BCUT2D eigenvalue weighted by Crippen LogP contribution is -2.13. The van der Waals surface area contributed by atoms with E-state index < -0.39 is 23.3 Å². The minimum Gasteiger partial charge on any atom is -0.497 e. The van der Waals surface area contributed by atoms with Crippen LogP contribution in [0.1, 0.15) is 21.5 Å². The number of benzene rings is 2. The molecule has 0 bridgehead atoms. The Labute approximate surface area is 151 Å². The first-order valence-electron chi connectivity index (χ1n) is 7.63. The van der Waals surface area contributed by atoms with E-state index in [2.05, 4.69) is 15.4 Å². The Bertz CT molecular complexity index is 968. The van der Waals surface area contributed by atoms with E-state index >= 15 is 0 Å². The number of alkyl halides is 3. The molecule has 0 unspecified atom stereocenters. The fourth-order valence-electron chi connectivity index (χ4n) is 2.42. The highest BCUT2D eigenvalue weighted by atomic mass is 19.4. The zero-order valence-corrected chi connectivity index (χ0v) is 13.9. The Balaban J connectivity index is 1.88. The van der Waals surface area contributed by atoms with Crippen molar-refractivity contribution in [3.63, 3.8) is 0 Å². The smallest absolute Gasteiger partial charge is 0.417 e. The van der Waals surface area contributed by atoms with Gasteiger partial charge in [-0.25, -0.2) is 4.79 Å². The average molecular weight is 378 g/mol. The van der Waals surface area contributed by atoms with Crippen LogP contribution in [-0.2, 0) is 12.7 Å². The Morgan fingerprint density at radius 1 is 1.19 bits per heavy atom. The van der Waals surface area contributed by atoms with E-state index in [1.807, 2.05) is 0 Å². The van der Waals surface area contributed by atoms with E-state index in [1.54, 1.807) is 31.4 Å². The third-order valence-electron chi connectivity index (χ3n) is 3.75. The summed E-state index contributed by atoms with van der Waals surface area (Å²) < 4.78 is 44.4. The van der Waals surface area contributed by atoms with Crippen LogP contribution in [0.25, 0.3) is 11.4 Å². The van der Waals surface area contributed by atoms with Gasteiger partial charge in [0.2, 0.25) is 5.82 Å². The van der Waals surface area contributed by atoms with Gasteiger partial charge >= 0.3 is 12.1 Å². The Morgan fingerprint density at radius 2 is 1.89 bits per heavy atom. The highest BCUT2D eigenvalue weighted by molar-refractivity contribution is 5.90. The summed E-state index contributed by atoms with van der Waals surface area (Å²) in [7, 11) is 1.55. The van der Waals surface area contributed by atoms with Gasteiger partial charge in [0.15, 0.2) is 0 Å². The van der Waals surface area contributed by atoms with Gasteiger partial charge < -0.3 is 9.84 Å². The summed E-state index contributed by atoms with van der Waals surface area (Å²) >= 11 is 0. The normalized spacial score (nSPS) is 11.4. The predicted molar refractivity (Wildman–Crippen MR) is 87.3 cm³/mol. The summed E-state index contributed by atoms with van der Waals surface area (Å²) in [6.07, 6.45) is -4.82. The first-order chi connectivity index (χ1) is 12.8. The molecule has 0 saturated carbocycles. The monoisotopic (exact) mass is 378 g/mol. The van der Waals surface area contributed by atoms with Gasteiger partial charge in [-0.3, -0.25) is 0 Å². The fraction of sp³-hybridized carbons (Fsp3) is 0.176. The van der Waals surface area contributed by atoms with Gasteiger partial charge in [-0.05, 0) is 35.0 Å². The van der Waals surface area contributed by atoms with Crippen LogP contribution in [0.15, 0.2) is 42.5 Å². The van der Waals surface area contributed by atoms with Gasteiger partial charge in [0.1, 0.15) is 5.75 Å². The molecule has 140 valence electrons. The molecule has 1 N–H and O–H groups in total. The van der Waals surface area contributed by atoms with E-state index in [9.17, 15) is 18.0 Å². The van der Waals surface area contributed by atoms with Crippen LogP contribution < -0.4 is 4.74 Å². The van der Waals surface area contributed by atoms with Crippen molar-refractivity contribution in [2.75, 3.05) is 7.11 Å². The van der Waals surface area contributed by atoms with Gasteiger partial charge in [0, 0.05) is 5.56 Å². The molecule has 0 atom stereocenters. The van der Waals surface area contributed by atoms with Crippen molar-refractivity contribution in [1.29, 1.82) is 0 Å². The highest BCUT2D eigenvalue weighted by Gasteiger charge is 2.35. The second kappa shape index (κ2) is 7.06. The molecule has 0 aliphatic carbocycles. The lowest BCUT2D eigenvalue weighted by Gasteiger charge is -2.10. The van der Waals surface area contributed by atoms with Crippen LogP contribution >= 0.6 is 0 Å². The van der Waals surface area contributed by atoms with Gasteiger partial charge in [0.25, 0.3) is 0 Å². The number of hydrogen-bond donors (Lipinski definition) is 1. The molecule has 3 aromatic rings. The van der Waals surface area contributed by atoms with Crippen molar-refractivity contribution in [2.24, 2.45) is 0 Å². The molecule has 0 saturated heterocycles. The quantitative estimate of drug-likeness (QED) is 0.734. The second-order valence-electron chi connectivity index (χ2n) is 5.55. The van der Waals surface area contributed by atoms with Crippen LogP contribution in [0.2, 0.25) is 0 Å². The first kappa shape index (κ1) is 18.4. The molecule has 0 amide bonds. The predicted octanol–water partition coefficient (Wildman–Crippen LogP) is 3.11. The molecule has 0 aliphatic rings. The van der Waals surface area contributed by atoms with Crippen LogP contribution in [0.4, 0.5) is 13.2 Å². The highest BCUT2D eigenvalue weighted by Crippen LogP contribution is 2.34.